The molecule has 1 aromatic rings. The van der Waals surface area contributed by atoms with Crippen LogP contribution < -0.4 is 0 Å². The zero-order valence-corrected chi connectivity index (χ0v) is 12.0. The minimum Gasteiger partial charge on any atom is -0.359 e. The van der Waals surface area contributed by atoms with Crippen LogP contribution in [0, 0.1) is 0 Å². The highest BCUT2D eigenvalue weighted by Crippen LogP contribution is 2.24. The normalized spacial score (nSPS) is 14.8. The highest BCUT2D eigenvalue weighted by molar-refractivity contribution is 6.21. The molecule has 0 N–H and O–H groups in total. The second kappa shape index (κ2) is 5.73. The molecule has 108 valence electrons. The fourth-order valence-electron chi connectivity index (χ4n) is 2.11. The standard InChI is InChI=1S/C15H19NO4/c1-15(2,20-10-19-3)8-9-16-13(17)11-6-4-5-7-12(11)14(16)18/h4-7H,8-10H2,1-3H3. The van der Waals surface area contributed by atoms with Crippen LogP contribution in [0.25, 0.3) is 0 Å². The van der Waals surface area contributed by atoms with Crippen LogP contribution in [0.4, 0.5) is 0 Å². The number of hydrogen-bond acceptors (Lipinski definition) is 4. The lowest BCUT2D eigenvalue weighted by atomic mass is 10.1. The van der Waals surface area contributed by atoms with Gasteiger partial charge in [-0.1, -0.05) is 12.1 Å². The fraction of sp³-hybridized carbons (Fsp3) is 0.467. The quantitative estimate of drug-likeness (QED) is 0.590. The molecule has 0 bridgehead atoms. The number of nitrogens with zero attached hydrogens (tertiary/aromatic N) is 1. The number of rotatable bonds is 6. The summed E-state index contributed by atoms with van der Waals surface area (Å²) in [5.74, 6) is -0.457. The van der Waals surface area contributed by atoms with Crippen molar-refractivity contribution >= 4 is 11.8 Å². The predicted octanol–water partition coefficient (Wildman–Crippen LogP) is 2.07. The van der Waals surface area contributed by atoms with E-state index in [4.69, 9.17) is 9.47 Å². The first-order chi connectivity index (χ1) is 9.46. The maximum atomic E-state index is 12.2. The van der Waals surface area contributed by atoms with Crippen LogP contribution in [0.1, 0.15) is 41.0 Å². The summed E-state index contributed by atoms with van der Waals surface area (Å²) in [4.78, 5) is 25.6. The Balaban J connectivity index is 2.02. The maximum Gasteiger partial charge on any atom is 0.261 e. The van der Waals surface area contributed by atoms with Gasteiger partial charge in [0.1, 0.15) is 6.79 Å². The Hall–Kier alpha value is -1.72. The molecular weight excluding hydrogens is 258 g/mol. The van der Waals surface area contributed by atoms with Gasteiger partial charge >= 0.3 is 0 Å². The first-order valence-electron chi connectivity index (χ1n) is 6.54. The van der Waals surface area contributed by atoms with Gasteiger partial charge in [0.05, 0.1) is 16.7 Å². The number of hydrogen-bond donors (Lipinski definition) is 0. The van der Waals surface area contributed by atoms with Crippen LogP contribution >= 0.6 is 0 Å². The van der Waals surface area contributed by atoms with Gasteiger partial charge in [-0.3, -0.25) is 14.5 Å². The molecule has 0 aliphatic carbocycles. The number of carbonyl (C=O) groups is 2. The van der Waals surface area contributed by atoms with Crippen LogP contribution in [-0.4, -0.2) is 42.8 Å². The van der Waals surface area contributed by atoms with E-state index in [1.54, 1.807) is 31.4 Å². The van der Waals surface area contributed by atoms with Gasteiger partial charge in [-0.15, -0.1) is 0 Å². The molecule has 1 heterocycles. The Labute approximate surface area is 118 Å². The smallest absolute Gasteiger partial charge is 0.261 e. The van der Waals surface area contributed by atoms with E-state index in [1.165, 1.54) is 4.90 Å². The molecule has 20 heavy (non-hydrogen) atoms. The first-order valence-corrected chi connectivity index (χ1v) is 6.54. The molecule has 0 saturated heterocycles. The summed E-state index contributed by atoms with van der Waals surface area (Å²) in [6.07, 6.45) is 0.557. The Morgan fingerprint density at radius 2 is 1.65 bits per heavy atom. The minimum atomic E-state index is -0.453. The summed E-state index contributed by atoms with van der Waals surface area (Å²) in [5.41, 5.74) is 0.506. The van der Waals surface area contributed by atoms with Crippen molar-refractivity contribution in [3.8, 4) is 0 Å². The highest BCUT2D eigenvalue weighted by atomic mass is 16.7. The predicted molar refractivity (Wildman–Crippen MR) is 73.5 cm³/mol. The van der Waals surface area contributed by atoms with E-state index in [0.29, 0.717) is 24.1 Å². The third-order valence-electron chi connectivity index (χ3n) is 3.38. The summed E-state index contributed by atoms with van der Waals surface area (Å²) >= 11 is 0. The molecule has 1 aromatic carbocycles. The van der Waals surface area contributed by atoms with Crippen LogP contribution in [0.5, 0.6) is 0 Å². The van der Waals surface area contributed by atoms with Gasteiger partial charge in [0.2, 0.25) is 0 Å². The number of carbonyl (C=O) groups excluding carboxylic acids is 2. The molecule has 2 rings (SSSR count). The average molecular weight is 277 g/mol. The largest absolute Gasteiger partial charge is 0.359 e. The van der Waals surface area contributed by atoms with Gasteiger partial charge in [-0.2, -0.15) is 0 Å². The molecule has 0 spiro atoms. The first kappa shape index (κ1) is 14.7. The minimum absolute atomic E-state index is 0.190. The number of benzene rings is 1. The number of imide groups is 1. The molecule has 0 aromatic heterocycles. The molecule has 5 nitrogen and oxygen atoms in total. The zero-order chi connectivity index (χ0) is 14.8. The molecule has 0 unspecified atom stereocenters. The Bertz CT molecular complexity index is 489. The van der Waals surface area contributed by atoms with Crippen molar-refractivity contribution in [3.05, 3.63) is 35.4 Å². The third kappa shape index (κ3) is 2.89. The van der Waals surface area contributed by atoms with E-state index in [9.17, 15) is 9.59 Å². The maximum absolute atomic E-state index is 12.2. The van der Waals surface area contributed by atoms with Crippen molar-refractivity contribution in [2.75, 3.05) is 20.4 Å². The zero-order valence-electron chi connectivity index (χ0n) is 12.0. The lowest BCUT2D eigenvalue weighted by Gasteiger charge is -2.26. The summed E-state index contributed by atoms with van der Waals surface area (Å²) in [6.45, 7) is 4.34. The number of amides is 2. The van der Waals surface area contributed by atoms with E-state index in [1.807, 2.05) is 13.8 Å². The topological polar surface area (TPSA) is 55.8 Å². The SMILES string of the molecule is COCOC(C)(C)CCN1C(=O)c2ccccc2C1=O. The summed E-state index contributed by atoms with van der Waals surface area (Å²) in [7, 11) is 1.56. The summed E-state index contributed by atoms with van der Waals surface area (Å²) in [6, 6.07) is 6.89. The van der Waals surface area contributed by atoms with Crippen molar-refractivity contribution in [2.24, 2.45) is 0 Å². The molecule has 1 aliphatic heterocycles. The van der Waals surface area contributed by atoms with Gasteiger partial charge in [-0.25, -0.2) is 0 Å². The molecule has 2 amide bonds. The average Bonchev–Trinajstić information content (AvgIpc) is 2.67. The molecule has 1 aliphatic rings. The van der Waals surface area contributed by atoms with Crippen LogP contribution in [0.15, 0.2) is 24.3 Å². The third-order valence-corrected chi connectivity index (χ3v) is 3.38. The highest BCUT2D eigenvalue weighted by Gasteiger charge is 2.35. The number of ether oxygens (including phenoxy) is 2. The Morgan fingerprint density at radius 1 is 1.10 bits per heavy atom. The van der Waals surface area contributed by atoms with E-state index < -0.39 is 5.60 Å². The molecule has 0 radical (unpaired) electrons. The Kier molecular flexibility index (Phi) is 4.20. The van der Waals surface area contributed by atoms with E-state index in [0.717, 1.165) is 0 Å². The van der Waals surface area contributed by atoms with Crippen molar-refractivity contribution < 1.29 is 19.1 Å². The van der Waals surface area contributed by atoms with Gasteiger partial charge < -0.3 is 9.47 Å². The van der Waals surface area contributed by atoms with Crippen molar-refractivity contribution in [1.29, 1.82) is 0 Å². The fourth-order valence-corrected chi connectivity index (χ4v) is 2.11. The van der Waals surface area contributed by atoms with Gasteiger partial charge in [0.25, 0.3) is 11.8 Å². The summed E-state index contributed by atoms with van der Waals surface area (Å²) in [5, 5.41) is 0. The Morgan fingerprint density at radius 3 is 2.15 bits per heavy atom. The van der Waals surface area contributed by atoms with E-state index in [2.05, 4.69) is 0 Å². The van der Waals surface area contributed by atoms with E-state index in [-0.39, 0.29) is 18.6 Å². The van der Waals surface area contributed by atoms with Crippen LogP contribution in [0.3, 0.4) is 0 Å². The molecule has 0 saturated carbocycles. The monoisotopic (exact) mass is 277 g/mol. The number of methoxy groups -OCH3 is 1. The van der Waals surface area contributed by atoms with Crippen LogP contribution in [-0.2, 0) is 9.47 Å². The molecule has 0 atom stereocenters. The van der Waals surface area contributed by atoms with E-state index >= 15 is 0 Å². The van der Waals surface area contributed by atoms with Crippen molar-refractivity contribution in [1.82, 2.24) is 4.90 Å². The second-order valence-corrected chi connectivity index (χ2v) is 5.37. The summed E-state index contributed by atoms with van der Waals surface area (Å²) < 4.78 is 10.4. The van der Waals surface area contributed by atoms with Gasteiger partial charge in [0.15, 0.2) is 0 Å². The van der Waals surface area contributed by atoms with Crippen LogP contribution in [0.2, 0.25) is 0 Å². The lowest BCUT2D eigenvalue weighted by molar-refractivity contribution is -0.117. The van der Waals surface area contributed by atoms with Gasteiger partial charge in [0, 0.05) is 13.7 Å². The second-order valence-electron chi connectivity index (χ2n) is 5.37. The van der Waals surface area contributed by atoms with Crippen molar-refractivity contribution in [3.63, 3.8) is 0 Å². The molecule has 0 fully saturated rings. The lowest BCUT2D eigenvalue weighted by Crippen LogP contribution is -2.36. The van der Waals surface area contributed by atoms with Crippen molar-refractivity contribution in [2.45, 2.75) is 25.9 Å². The number of fused-ring (bicyclic) bond motifs is 1. The van der Waals surface area contributed by atoms with Gasteiger partial charge in [-0.05, 0) is 32.4 Å². The molecular formula is C15H19NO4. The molecule has 5 heteroatoms.